The fraction of sp³-hybridized carbons (Fsp3) is 0.111. The molecule has 74 valence electrons. The fourth-order valence-corrected chi connectivity index (χ4v) is 1.50. The minimum absolute atomic E-state index is 0.0664. The lowest BCUT2D eigenvalue weighted by atomic mass is 10.1. The van der Waals surface area contributed by atoms with E-state index < -0.39 is 4.92 Å². The van der Waals surface area contributed by atoms with E-state index in [1.54, 1.807) is 6.92 Å². The van der Waals surface area contributed by atoms with Gasteiger partial charge in [-0.1, -0.05) is 0 Å². The quantitative estimate of drug-likeness (QED) is 0.561. The third-order valence-corrected chi connectivity index (χ3v) is 2.25. The van der Waals surface area contributed by atoms with E-state index in [-0.39, 0.29) is 11.3 Å². The maximum absolute atomic E-state index is 10.7. The van der Waals surface area contributed by atoms with Crippen molar-refractivity contribution in [3.63, 3.8) is 0 Å². The first-order valence-electron chi connectivity index (χ1n) is 4.16. The van der Waals surface area contributed by atoms with Gasteiger partial charge in [0.2, 0.25) is 0 Å². The minimum Gasteiger partial charge on any atom is -0.344 e. The Hall–Kier alpha value is -2.42. The van der Waals surface area contributed by atoms with Crippen LogP contribution in [0, 0.1) is 28.4 Å². The Bertz CT molecular complexity index is 594. The molecule has 0 saturated carbocycles. The molecule has 0 fully saturated rings. The molecule has 0 saturated heterocycles. The van der Waals surface area contributed by atoms with E-state index in [4.69, 9.17) is 5.26 Å². The number of benzene rings is 1. The van der Waals surface area contributed by atoms with Gasteiger partial charge in [0, 0.05) is 6.07 Å². The maximum atomic E-state index is 10.7. The van der Waals surface area contributed by atoms with Crippen molar-refractivity contribution in [3.05, 3.63) is 33.6 Å². The number of H-pyrrole nitrogens is 1. The summed E-state index contributed by atoms with van der Waals surface area (Å²) in [5.74, 6) is 0. The van der Waals surface area contributed by atoms with Crippen LogP contribution >= 0.6 is 0 Å². The summed E-state index contributed by atoms with van der Waals surface area (Å²) in [5.41, 5.74) is 1.65. The summed E-state index contributed by atoms with van der Waals surface area (Å²) in [6.07, 6.45) is 1.42. The van der Waals surface area contributed by atoms with Crippen molar-refractivity contribution in [3.8, 4) is 6.07 Å². The number of nitriles is 1. The fourth-order valence-electron chi connectivity index (χ4n) is 1.50. The highest BCUT2D eigenvalue weighted by Crippen LogP contribution is 2.27. The van der Waals surface area contributed by atoms with E-state index in [2.05, 4.69) is 9.97 Å². The summed E-state index contributed by atoms with van der Waals surface area (Å²) in [5, 5.41) is 19.5. The standard InChI is InChI=1S/C9H6N4O2/c1-5-7(13(14)15)2-6(3-10)9-8(5)11-4-12-9/h2,4H,1H3,(H,11,12). The second kappa shape index (κ2) is 3.06. The molecule has 0 aliphatic rings. The maximum Gasteiger partial charge on any atom is 0.275 e. The van der Waals surface area contributed by atoms with Gasteiger partial charge in [0.25, 0.3) is 5.69 Å². The highest BCUT2D eigenvalue weighted by atomic mass is 16.6. The monoisotopic (exact) mass is 202 g/mol. The van der Waals surface area contributed by atoms with Gasteiger partial charge in [-0.15, -0.1) is 0 Å². The van der Waals surface area contributed by atoms with Crippen LogP contribution in [0.2, 0.25) is 0 Å². The Kier molecular flexibility index (Phi) is 1.87. The molecule has 0 spiro atoms. The van der Waals surface area contributed by atoms with E-state index >= 15 is 0 Å². The van der Waals surface area contributed by atoms with E-state index in [0.29, 0.717) is 16.6 Å². The van der Waals surface area contributed by atoms with Crippen LogP contribution in [-0.4, -0.2) is 14.9 Å². The van der Waals surface area contributed by atoms with Crippen LogP contribution in [0.5, 0.6) is 0 Å². The molecule has 0 aliphatic heterocycles. The van der Waals surface area contributed by atoms with Crippen molar-refractivity contribution < 1.29 is 4.92 Å². The number of hydrogen-bond acceptors (Lipinski definition) is 4. The molecule has 1 aromatic heterocycles. The smallest absolute Gasteiger partial charge is 0.275 e. The van der Waals surface area contributed by atoms with Crippen LogP contribution < -0.4 is 0 Å². The summed E-state index contributed by atoms with van der Waals surface area (Å²) in [6.45, 7) is 1.62. The zero-order valence-electron chi connectivity index (χ0n) is 7.81. The predicted octanol–water partition coefficient (Wildman–Crippen LogP) is 1.65. The highest BCUT2D eigenvalue weighted by molar-refractivity contribution is 5.87. The Labute approximate surface area is 84.3 Å². The lowest BCUT2D eigenvalue weighted by Crippen LogP contribution is -1.94. The number of nitrogens with zero attached hydrogens (tertiary/aromatic N) is 3. The van der Waals surface area contributed by atoms with Crippen molar-refractivity contribution in [2.45, 2.75) is 6.92 Å². The molecule has 15 heavy (non-hydrogen) atoms. The number of rotatable bonds is 1. The second-order valence-electron chi connectivity index (χ2n) is 3.06. The van der Waals surface area contributed by atoms with Crippen molar-refractivity contribution in [1.29, 1.82) is 5.26 Å². The van der Waals surface area contributed by atoms with E-state index in [9.17, 15) is 10.1 Å². The molecule has 6 nitrogen and oxygen atoms in total. The summed E-state index contributed by atoms with van der Waals surface area (Å²) in [4.78, 5) is 17.0. The molecular weight excluding hydrogens is 196 g/mol. The zero-order chi connectivity index (χ0) is 11.0. The molecule has 0 radical (unpaired) electrons. The van der Waals surface area contributed by atoms with Crippen LogP contribution in [0.15, 0.2) is 12.4 Å². The number of fused-ring (bicyclic) bond motifs is 1. The number of nitro groups is 1. The third kappa shape index (κ3) is 1.21. The van der Waals surface area contributed by atoms with E-state index in [1.165, 1.54) is 12.4 Å². The molecule has 0 bridgehead atoms. The number of aromatic amines is 1. The molecule has 0 unspecified atom stereocenters. The Morgan fingerprint density at radius 2 is 2.40 bits per heavy atom. The number of hydrogen-bond donors (Lipinski definition) is 1. The van der Waals surface area contributed by atoms with Crippen LogP contribution in [0.1, 0.15) is 11.1 Å². The molecule has 1 aromatic carbocycles. The van der Waals surface area contributed by atoms with Gasteiger partial charge in [-0.2, -0.15) is 5.26 Å². The highest BCUT2D eigenvalue weighted by Gasteiger charge is 2.18. The summed E-state index contributed by atoms with van der Waals surface area (Å²) in [7, 11) is 0. The predicted molar refractivity (Wildman–Crippen MR) is 52.2 cm³/mol. The van der Waals surface area contributed by atoms with Crippen molar-refractivity contribution in [1.82, 2.24) is 9.97 Å². The molecule has 1 N–H and O–H groups in total. The largest absolute Gasteiger partial charge is 0.344 e. The number of nitro benzene ring substituents is 1. The van der Waals surface area contributed by atoms with Crippen LogP contribution in [0.4, 0.5) is 5.69 Å². The van der Waals surface area contributed by atoms with Gasteiger partial charge < -0.3 is 4.98 Å². The Morgan fingerprint density at radius 1 is 1.67 bits per heavy atom. The average Bonchev–Trinajstić information content (AvgIpc) is 2.67. The lowest BCUT2D eigenvalue weighted by Gasteiger charge is -1.99. The first-order chi connectivity index (χ1) is 7.15. The number of aryl methyl sites for hydroxylation is 1. The van der Waals surface area contributed by atoms with Crippen molar-refractivity contribution in [2.75, 3.05) is 0 Å². The number of imidazole rings is 1. The van der Waals surface area contributed by atoms with Crippen LogP contribution in [0.3, 0.4) is 0 Å². The average molecular weight is 202 g/mol. The molecule has 0 amide bonds. The summed E-state index contributed by atoms with van der Waals surface area (Å²) < 4.78 is 0. The van der Waals surface area contributed by atoms with Gasteiger partial charge in [0.15, 0.2) is 0 Å². The molecule has 2 aromatic rings. The SMILES string of the molecule is Cc1c([N+](=O)[O-])cc(C#N)c2nc[nH]c12. The van der Waals surface area contributed by atoms with Crippen molar-refractivity contribution in [2.24, 2.45) is 0 Å². The number of nitrogens with one attached hydrogen (secondary N) is 1. The molecule has 6 heteroatoms. The van der Waals surface area contributed by atoms with E-state index in [0.717, 1.165) is 0 Å². The number of aromatic nitrogens is 2. The van der Waals surface area contributed by atoms with Gasteiger partial charge in [-0.05, 0) is 6.92 Å². The first-order valence-corrected chi connectivity index (χ1v) is 4.16. The van der Waals surface area contributed by atoms with Gasteiger partial charge in [-0.25, -0.2) is 4.98 Å². The molecule has 0 atom stereocenters. The van der Waals surface area contributed by atoms with E-state index in [1.807, 2.05) is 6.07 Å². The third-order valence-electron chi connectivity index (χ3n) is 2.25. The lowest BCUT2D eigenvalue weighted by molar-refractivity contribution is -0.385. The Balaban J connectivity index is 2.92. The summed E-state index contributed by atoms with van der Waals surface area (Å²) in [6, 6.07) is 3.14. The summed E-state index contributed by atoms with van der Waals surface area (Å²) >= 11 is 0. The van der Waals surface area contributed by atoms with Gasteiger partial charge in [-0.3, -0.25) is 10.1 Å². The first kappa shape index (κ1) is 9.15. The molecule has 2 rings (SSSR count). The molecule has 1 heterocycles. The topological polar surface area (TPSA) is 95.6 Å². The van der Waals surface area contributed by atoms with Gasteiger partial charge in [0.1, 0.15) is 11.6 Å². The normalized spacial score (nSPS) is 10.1. The van der Waals surface area contributed by atoms with Gasteiger partial charge >= 0.3 is 0 Å². The zero-order valence-corrected chi connectivity index (χ0v) is 7.81. The minimum atomic E-state index is -0.504. The van der Waals surface area contributed by atoms with Crippen molar-refractivity contribution >= 4 is 16.7 Å². The van der Waals surface area contributed by atoms with Gasteiger partial charge in [0.05, 0.1) is 27.9 Å². The second-order valence-corrected chi connectivity index (χ2v) is 3.06. The molecule has 0 aliphatic carbocycles. The Morgan fingerprint density at radius 3 is 3.00 bits per heavy atom. The van der Waals surface area contributed by atoms with Crippen LogP contribution in [-0.2, 0) is 0 Å². The molecular formula is C9H6N4O2. The van der Waals surface area contributed by atoms with Crippen LogP contribution in [0.25, 0.3) is 11.0 Å².